The maximum Gasteiger partial charge on any atom is 0.0969 e. The molecule has 1 rings (SSSR count). The number of rotatable bonds is 3. The van der Waals surface area contributed by atoms with Crippen molar-refractivity contribution < 1.29 is 4.74 Å². The average molecular weight is 244 g/mol. The van der Waals surface area contributed by atoms with Crippen molar-refractivity contribution >= 4 is 15.9 Å². The number of ether oxygens (including phenoxy) is 1. The summed E-state index contributed by atoms with van der Waals surface area (Å²) < 4.78 is 6.36. The minimum Gasteiger partial charge on any atom is -0.375 e. The second-order valence-corrected chi connectivity index (χ2v) is 3.99. The number of nitrogens with two attached hydrogens (primary N) is 1. The van der Waals surface area contributed by atoms with Gasteiger partial charge in [0.15, 0.2) is 0 Å². The molecule has 0 bridgehead atoms. The number of benzene rings is 1. The van der Waals surface area contributed by atoms with Crippen molar-refractivity contribution in [2.75, 3.05) is 7.11 Å². The summed E-state index contributed by atoms with van der Waals surface area (Å²) in [7, 11) is 1.68. The number of hydrogen-bond acceptors (Lipinski definition) is 2. The molecule has 1 aromatic rings. The highest BCUT2D eigenvalue weighted by Crippen LogP contribution is 2.22. The van der Waals surface area contributed by atoms with E-state index in [1.54, 1.807) is 7.11 Å². The molecule has 2 atom stereocenters. The lowest BCUT2D eigenvalue weighted by molar-refractivity contribution is 0.0853. The predicted octanol–water partition coefficient (Wildman–Crippen LogP) is 2.48. The zero-order chi connectivity index (χ0) is 9.84. The molecule has 0 aromatic heterocycles. The quantitative estimate of drug-likeness (QED) is 0.886. The van der Waals surface area contributed by atoms with E-state index in [1.807, 2.05) is 31.2 Å². The first-order valence-electron chi connectivity index (χ1n) is 4.19. The summed E-state index contributed by atoms with van der Waals surface area (Å²) >= 11 is 3.41. The van der Waals surface area contributed by atoms with E-state index in [0.717, 1.165) is 10.0 Å². The number of methoxy groups -OCH3 is 1. The molecule has 72 valence electrons. The fraction of sp³-hybridized carbons (Fsp3) is 0.400. The minimum atomic E-state index is -0.0301. The van der Waals surface area contributed by atoms with E-state index in [1.165, 1.54) is 0 Å². The zero-order valence-electron chi connectivity index (χ0n) is 7.83. The second-order valence-electron chi connectivity index (χ2n) is 3.07. The van der Waals surface area contributed by atoms with Crippen LogP contribution in [0.1, 0.15) is 18.6 Å². The van der Waals surface area contributed by atoms with Gasteiger partial charge in [-0.2, -0.15) is 0 Å². The van der Waals surface area contributed by atoms with Crippen molar-refractivity contribution in [3.8, 4) is 0 Å². The van der Waals surface area contributed by atoms with Crippen LogP contribution in [0.5, 0.6) is 0 Å². The highest BCUT2D eigenvalue weighted by atomic mass is 79.9. The van der Waals surface area contributed by atoms with E-state index in [9.17, 15) is 0 Å². The van der Waals surface area contributed by atoms with Crippen molar-refractivity contribution in [2.24, 2.45) is 5.73 Å². The lowest BCUT2D eigenvalue weighted by Crippen LogP contribution is -2.25. The SMILES string of the molecule is COC(c1cccc(Br)c1)C(C)N. The van der Waals surface area contributed by atoms with Gasteiger partial charge in [-0.25, -0.2) is 0 Å². The van der Waals surface area contributed by atoms with Gasteiger partial charge in [-0.15, -0.1) is 0 Å². The lowest BCUT2D eigenvalue weighted by Gasteiger charge is -2.19. The Hall–Kier alpha value is -0.380. The van der Waals surface area contributed by atoms with Gasteiger partial charge in [0.25, 0.3) is 0 Å². The molecule has 0 aliphatic carbocycles. The first kappa shape index (κ1) is 10.7. The van der Waals surface area contributed by atoms with Gasteiger partial charge in [0.1, 0.15) is 0 Å². The summed E-state index contributed by atoms with van der Waals surface area (Å²) in [6, 6.07) is 8.00. The number of hydrogen-bond donors (Lipinski definition) is 1. The molecule has 3 heteroatoms. The third kappa shape index (κ3) is 2.79. The topological polar surface area (TPSA) is 35.2 Å². The minimum absolute atomic E-state index is 0.000648. The van der Waals surface area contributed by atoms with E-state index >= 15 is 0 Å². The first-order valence-corrected chi connectivity index (χ1v) is 4.98. The molecule has 0 amide bonds. The predicted molar refractivity (Wildman–Crippen MR) is 57.5 cm³/mol. The average Bonchev–Trinajstić information content (AvgIpc) is 2.04. The monoisotopic (exact) mass is 243 g/mol. The van der Waals surface area contributed by atoms with Crippen LogP contribution in [0.2, 0.25) is 0 Å². The van der Waals surface area contributed by atoms with Crippen LogP contribution >= 0.6 is 15.9 Å². The second kappa shape index (κ2) is 4.74. The molecule has 0 aliphatic heterocycles. The molecule has 0 fully saturated rings. The molecule has 0 saturated carbocycles. The standard InChI is InChI=1S/C10H14BrNO/c1-7(12)10(13-2)8-4-3-5-9(11)6-8/h3-7,10H,12H2,1-2H3. The van der Waals surface area contributed by atoms with Crippen LogP contribution < -0.4 is 5.73 Å². The Bertz CT molecular complexity index is 275. The van der Waals surface area contributed by atoms with Gasteiger partial charge in [0, 0.05) is 17.6 Å². The van der Waals surface area contributed by atoms with Gasteiger partial charge in [-0.05, 0) is 24.6 Å². The van der Waals surface area contributed by atoms with Crippen LogP contribution in [0.15, 0.2) is 28.7 Å². The molecule has 0 radical (unpaired) electrons. The van der Waals surface area contributed by atoms with Crippen LogP contribution in [-0.2, 0) is 4.74 Å². The molecule has 2 unspecified atom stereocenters. The van der Waals surface area contributed by atoms with E-state index < -0.39 is 0 Å². The van der Waals surface area contributed by atoms with E-state index in [2.05, 4.69) is 15.9 Å². The van der Waals surface area contributed by atoms with Crippen LogP contribution in [0.4, 0.5) is 0 Å². The van der Waals surface area contributed by atoms with E-state index in [-0.39, 0.29) is 12.1 Å². The third-order valence-corrected chi connectivity index (χ3v) is 2.40. The summed E-state index contributed by atoms with van der Waals surface area (Å²) in [5.41, 5.74) is 6.89. The van der Waals surface area contributed by atoms with Gasteiger partial charge in [0.2, 0.25) is 0 Å². The zero-order valence-corrected chi connectivity index (χ0v) is 9.41. The molecule has 0 heterocycles. The lowest BCUT2D eigenvalue weighted by atomic mass is 10.0. The molecule has 2 N–H and O–H groups in total. The Labute approximate surface area is 87.2 Å². The smallest absolute Gasteiger partial charge is 0.0969 e. The van der Waals surface area contributed by atoms with E-state index in [0.29, 0.717) is 0 Å². The normalized spacial score (nSPS) is 15.4. The summed E-state index contributed by atoms with van der Waals surface area (Å²) in [5, 5.41) is 0. The molecule has 2 nitrogen and oxygen atoms in total. The van der Waals surface area contributed by atoms with Crippen molar-refractivity contribution in [3.05, 3.63) is 34.3 Å². The molecule has 0 spiro atoms. The van der Waals surface area contributed by atoms with Crippen LogP contribution in [0, 0.1) is 0 Å². The van der Waals surface area contributed by atoms with Gasteiger partial charge >= 0.3 is 0 Å². The largest absolute Gasteiger partial charge is 0.375 e. The third-order valence-electron chi connectivity index (χ3n) is 1.91. The molecule has 1 aromatic carbocycles. The summed E-state index contributed by atoms with van der Waals surface area (Å²) in [5.74, 6) is 0. The van der Waals surface area contributed by atoms with Gasteiger partial charge in [0.05, 0.1) is 6.10 Å². The van der Waals surface area contributed by atoms with Crippen molar-refractivity contribution in [1.82, 2.24) is 0 Å². The Balaban J connectivity index is 2.91. The van der Waals surface area contributed by atoms with Crippen molar-refractivity contribution in [3.63, 3.8) is 0 Å². The fourth-order valence-electron chi connectivity index (χ4n) is 1.34. The summed E-state index contributed by atoms with van der Waals surface area (Å²) in [6.45, 7) is 1.94. The van der Waals surface area contributed by atoms with Gasteiger partial charge in [-0.1, -0.05) is 28.1 Å². The Kier molecular flexibility index (Phi) is 3.90. The Morgan fingerprint density at radius 1 is 1.46 bits per heavy atom. The van der Waals surface area contributed by atoms with E-state index in [4.69, 9.17) is 10.5 Å². The molecule has 13 heavy (non-hydrogen) atoms. The maximum atomic E-state index is 5.79. The highest BCUT2D eigenvalue weighted by Gasteiger charge is 2.14. The summed E-state index contributed by atoms with van der Waals surface area (Å²) in [6.07, 6.45) is -0.0301. The van der Waals surface area contributed by atoms with Crippen LogP contribution in [-0.4, -0.2) is 13.2 Å². The Morgan fingerprint density at radius 3 is 2.62 bits per heavy atom. The van der Waals surface area contributed by atoms with Crippen LogP contribution in [0.25, 0.3) is 0 Å². The summed E-state index contributed by atoms with van der Waals surface area (Å²) in [4.78, 5) is 0. The maximum absolute atomic E-state index is 5.79. The molecular formula is C10H14BrNO. The molecule has 0 saturated heterocycles. The Morgan fingerprint density at radius 2 is 2.15 bits per heavy atom. The van der Waals surface area contributed by atoms with Gasteiger partial charge in [-0.3, -0.25) is 0 Å². The highest BCUT2D eigenvalue weighted by molar-refractivity contribution is 9.10. The van der Waals surface area contributed by atoms with Gasteiger partial charge < -0.3 is 10.5 Å². The van der Waals surface area contributed by atoms with Crippen molar-refractivity contribution in [2.45, 2.75) is 19.1 Å². The fourth-order valence-corrected chi connectivity index (χ4v) is 1.75. The number of halogens is 1. The first-order chi connectivity index (χ1) is 6.15. The molecular weight excluding hydrogens is 230 g/mol. The molecule has 0 aliphatic rings. The van der Waals surface area contributed by atoms with Crippen molar-refractivity contribution in [1.29, 1.82) is 0 Å². The van der Waals surface area contributed by atoms with Crippen LogP contribution in [0.3, 0.4) is 0 Å².